The number of piperidine rings is 1. The first kappa shape index (κ1) is 25.2. The Bertz CT molecular complexity index is 1170. The first-order valence-electron chi connectivity index (χ1n) is 12.5. The number of carbonyl (C=O) groups is 2. The highest BCUT2D eigenvalue weighted by molar-refractivity contribution is 5.97. The van der Waals surface area contributed by atoms with Crippen LogP contribution in [0, 0.1) is 11.8 Å². The molecule has 2 amide bonds. The molecule has 0 radical (unpaired) electrons. The van der Waals surface area contributed by atoms with Gasteiger partial charge >= 0.3 is 6.36 Å². The molecule has 2 aromatic rings. The summed E-state index contributed by atoms with van der Waals surface area (Å²) < 4.78 is 53.8. The molecule has 0 bridgehead atoms. The molecule has 5 rings (SSSR count). The van der Waals surface area contributed by atoms with Crippen molar-refractivity contribution in [1.29, 1.82) is 0 Å². The van der Waals surface area contributed by atoms with Crippen molar-refractivity contribution < 1.29 is 37.0 Å². The lowest BCUT2D eigenvalue weighted by atomic mass is 9.92. The Kier molecular flexibility index (Phi) is 6.92. The maximum atomic E-state index is 13.4. The third-order valence-corrected chi connectivity index (χ3v) is 7.31. The lowest BCUT2D eigenvalue weighted by Gasteiger charge is -2.38. The van der Waals surface area contributed by atoms with Crippen LogP contribution in [0.15, 0.2) is 42.5 Å². The SMILES string of the molecule is COc1ccc(C(=O)N2CC[C@H]3CN(C(=O)c4ccccc4OC(F)(F)F)CC[C@@H]32)cc1OCC1CC1. The molecule has 10 heteroatoms. The van der Waals surface area contributed by atoms with Gasteiger partial charge in [0.2, 0.25) is 0 Å². The van der Waals surface area contributed by atoms with Gasteiger partial charge in [-0.25, -0.2) is 0 Å². The van der Waals surface area contributed by atoms with Gasteiger partial charge in [0.05, 0.1) is 19.3 Å². The van der Waals surface area contributed by atoms with Gasteiger partial charge in [-0.15, -0.1) is 13.2 Å². The van der Waals surface area contributed by atoms with Gasteiger partial charge < -0.3 is 24.0 Å². The molecule has 2 saturated heterocycles. The number of alkyl halides is 3. The zero-order valence-corrected chi connectivity index (χ0v) is 20.5. The maximum Gasteiger partial charge on any atom is 0.573 e. The van der Waals surface area contributed by atoms with E-state index in [1.165, 1.54) is 18.2 Å². The van der Waals surface area contributed by atoms with Crippen molar-refractivity contribution in [2.75, 3.05) is 33.4 Å². The highest BCUT2D eigenvalue weighted by Crippen LogP contribution is 2.37. The van der Waals surface area contributed by atoms with Crippen molar-refractivity contribution in [3.63, 3.8) is 0 Å². The molecule has 2 atom stereocenters. The van der Waals surface area contributed by atoms with Crippen LogP contribution in [0.1, 0.15) is 46.4 Å². The fourth-order valence-corrected chi connectivity index (χ4v) is 5.23. The van der Waals surface area contributed by atoms with Crippen LogP contribution in [-0.2, 0) is 0 Å². The molecule has 1 aliphatic carbocycles. The number of amides is 2. The van der Waals surface area contributed by atoms with E-state index in [2.05, 4.69) is 4.74 Å². The third-order valence-electron chi connectivity index (χ3n) is 7.31. The highest BCUT2D eigenvalue weighted by Gasteiger charge is 2.42. The molecule has 2 heterocycles. The summed E-state index contributed by atoms with van der Waals surface area (Å²) in [5, 5.41) is 0. The third kappa shape index (κ3) is 5.62. The number of fused-ring (bicyclic) bond motifs is 1. The van der Waals surface area contributed by atoms with Gasteiger partial charge in [0.1, 0.15) is 5.75 Å². The Hall–Kier alpha value is -3.43. The summed E-state index contributed by atoms with van der Waals surface area (Å²) in [6.45, 7) is 1.85. The van der Waals surface area contributed by atoms with Crippen molar-refractivity contribution in [3.05, 3.63) is 53.6 Å². The number of methoxy groups -OCH3 is 1. The summed E-state index contributed by atoms with van der Waals surface area (Å²) in [5.41, 5.74) is 0.394. The molecule has 0 spiro atoms. The second kappa shape index (κ2) is 10.1. The summed E-state index contributed by atoms with van der Waals surface area (Å²) in [5.74, 6) is 0.620. The predicted octanol–water partition coefficient (Wildman–Crippen LogP) is 4.76. The van der Waals surface area contributed by atoms with Gasteiger partial charge in [0, 0.05) is 31.2 Å². The minimum atomic E-state index is -4.89. The van der Waals surface area contributed by atoms with E-state index in [0.29, 0.717) is 62.1 Å². The Balaban J connectivity index is 1.26. The number of benzene rings is 2. The maximum absolute atomic E-state index is 13.4. The van der Waals surface area contributed by atoms with Crippen LogP contribution >= 0.6 is 0 Å². The average Bonchev–Trinajstić information content (AvgIpc) is 3.62. The number of likely N-dealkylation sites (tertiary alicyclic amines) is 2. The summed E-state index contributed by atoms with van der Waals surface area (Å²) in [6.07, 6.45) is -1.33. The van der Waals surface area contributed by atoms with Gasteiger partial charge in [-0.3, -0.25) is 9.59 Å². The van der Waals surface area contributed by atoms with Crippen LogP contribution in [0.5, 0.6) is 17.2 Å². The monoisotopic (exact) mass is 518 g/mol. The number of halogens is 3. The van der Waals surface area contributed by atoms with Gasteiger partial charge in [-0.2, -0.15) is 0 Å². The van der Waals surface area contributed by atoms with Crippen LogP contribution in [0.2, 0.25) is 0 Å². The standard InChI is InChI=1S/C27H29F3N2O5/c1-35-23-9-8-18(14-24(23)36-16-17-6-7-17)25(33)32-13-10-19-15-31(12-11-21(19)32)26(34)20-4-2-3-5-22(20)37-27(28,29)30/h2-5,8-9,14,17,19,21H,6-7,10-13,15-16H2,1H3/t19-,21-/m0/s1. The number of nitrogens with zero attached hydrogens (tertiary/aromatic N) is 2. The summed E-state index contributed by atoms with van der Waals surface area (Å²) in [4.78, 5) is 30.0. The van der Waals surface area contributed by atoms with E-state index in [1.807, 2.05) is 4.90 Å². The lowest BCUT2D eigenvalue weighted by molar-refractivity contribution is -0.274. The Morgan fingerprint density at radius 3 is 2.46 bits per heavy atom. The van der Waals surface area contributed by atoms with Crippen molar-refractivity contribution in [1.82, 2.24) is 9.80 Å². The van der Waals surface area contributed by atoms with Gasteiger partial charge in [0.25, 0.3) is 11.8 Å². The zero-order chi connectivity index (χ0) is 26.2. The number of hydrogen-bond donors (Lipinski definition) is 0. The molecular formula is C27H29F3N2O5. The van der Waals surface area contributed by atoms with E-state index < -0.39 is 18.0 Å². The van der Waals surface area contributed by atoms with Crippen LogP contribution in [0.4, 0.5) is 13.2 Å². The Morgan fingerprint density at radius 1 is 0.946 bits per heavy atom. The van der Waals surface area contributed by atoms with Crippen molar-refractivity contribution >= 4 is 11.8 Å². The van der Waals surface area contributed by atoms with Crippen LogP contribution < -0.4 is 14.2 Å². The summed E-state index contributed by atoms with van der Waals surface area (Å²) in [7, 11) is 1.56. The molecule has 198 valence electrons. The molecule has 0 aromatic heterocycles. The topological polar surface area (TPSA) is 68.3 Å². The van der Waals surface area contributed by atoms with E-state index in [1.54, 1.807) is 30.2 Å². The van der Waals surface area contributed by atoms with E-state index in [0.717, 1.165) is 18.9 Å². The number of ether oxygens (including phenoxy) is 3. The highest BCUT2D eigenvalue weighted by atomic mass is 19.4. The second-order valence-corrected chi connectivity index (χ2v) is 9.82. The molecule has 2 aliphatic heterocycles. The van der Waals surface area contributed by atoms with E-state index in [-0.39, 0.29) is 23.4 Å². The Labute approximate surface area is 213 Å². The fraction of sp³-hybridized carbons (Fsp3) is 0.481. The molecule has 2 aromatic carbocycles. The lowest BCUT2D eigenvalue weighted by Crippen LogP contribution is -2.49. The van der Waals surface area contributed by atoms with E-state index >= 15 is 0 Å². The summed E-state index contributed by atoms with van der Waals surface area (Å²) >= 11 is 0. The Morgan fingerprint density at radius 2 is 1.73 bits per heavy atom. The molecule has 0 N–H and O–H groups in total. The van der Waals surface area contributed by atoms with Gasteiger partial charge in [-0.05, 0) is 67.9 Å². The van der Waals surface area contributed by atoms with E-state index in [4.69, 9.17) is 9.47 Å². The van der Waals surface area contributed by atoms with Crippen LogP contribution in [0.25, 0.3) is 0 Å². The molecule has 3 fully saturated rings. The molecule has 7 nitrogen and oxygen atoms in total. The minimum absolute atomic E-state index is 0.0428. The molecule has 0 unspecified atom stereocenters. The van der Waals surface area contributed by atoms with Crippen LogP contribution in [0.3, 0.4) is 0 Å². The number of rotatable bonds is 7. The predicted molar refractivity (Wildman–Crippen MR) is 128 cm³/mol. The number of hydrogen-bond acceptors (Lipinski definition) is 5. The van der Waals surface area contributed by atoms with Crippen molar-refractivity contribution in [2.24, 2.45) is 11.8 Å². The second-order valence-electron chi connectivity index (χ2n) is 9.82. The quantitative estimate of drug-likeness (QED) is 0.529. The average molecular weight is 519 g/mol. The largest absolute Gasteiger partial charge is 0.573 e. The first-order chi connectivity index (χ1) is 17.7. The minimum Gasteiger partial charge on any atom is -0.493 e. The number of carbonyl (C=O) groups excluding carboxylic acids is 2. The fourth-order valence-electron chi connectivity index (χ4n) is 5.23. The van der Waals surface area contributed by atoms with Crippen molar-refractivity contribution in [3.8, 4) is 17.2 Å². The van der Waals surface area contributed by atoms with E-state index in [9.17, 15) is 22.8 Å². The van der Waals surface area contributed by atoms with Gasteiger partial charge in [-0.1, -0.05) is 12.1 Å². The molecular weight excluding hydrogens is 489 g/mol. The summed E-state index contributed by atoms with van der Waals surface area (Å²) in [6, 6.07) is 10.5. The van der Waals surface area contributed by atoms with Gasteiger partial charge in [0.15, 0.2) is 11.5 Å². The zero-order valence-electron chi connectivity index (χ0n) is 20.5. The smallest absolute Gasteiger partial charge is 0.493 e. The normalized spacial score (nSPS) is 21.4. The molecule has 37 heavy (non-hydrogen) atoms. The van der Waals surface area contributed by atoms with Crippen LogP contribution in [-0.4, -0.2) is 67.4 Å². The molecule has 3 aliphatic rings. The number of para-hydroxylation sites is 1. The molecule has 1 saturated carbocycles. The van der Waals surface area contributed by atoms with Crippen molar-refractivity contribution in [2.45, 2.75) is 38.1 Å². The first-order valence-corrected chi connectivity index (χ1v) is 12.5.